The second-order valence-corrected chi connectivity index (χ2v) is 3.32. The molecule has 0 aliphatic rings. The number of aryl methyl sites for hydroxylation is 2. The molecule has 0 aromatic carbocycles. The van der Waals surface area contributed by atoms with Crippen molar-refractivity contribution in [3.8, 4) is 11.1 Å². The van der Waals surface area contributed by atoms with Crippen molar-refractivity contribution in [1.82, 2.24) is 4.98 Å². The molecule has 0 fully saturated rings. The Morgan fingerprint density at radius 3 is 2.38 bits per heavy atom. The fraction of sp³-hybridized carbons (Fsp3) is 0.182. The van der Waals surface area contributed by atoms with Crippen molar-refractivity contribution in [3.05, 3.63) is 42.5 Å². The van der Waals surface area contributed by atoms with Crippen LogP contribution in [0, 0.1) is 6.92 Å². The second kappa shape index (κ2) is 3.05. The van der Waals surface area contributed by atoms with Crippen molar-refractivity contribution in [3.63, 3.8) is 0 Å². The monoisotopic (exact) mass is 173 g/mol. The van der Waals surface area contributed by atoms with Crippen molar-refractivity contribution in [1.29, 1.82) is 0 Å². The minimum atomic E-state index is 1.20. The molecule has 0 bridgehead atoms. The Morgan fingerprint density at radius 1 is 1.15 bits per heavy atom. The standard InChI is InChI=1S/C11H12N2/c1-9-7-11(8-12-9)10-3-5-13(2)6-4-10/h3-8H,1-2H3/p+1. The average molecular weight is 173 g/mol. The summed E-state index contributed by atoms with van der Waals surface area (Å²) >= 11 is 0. The van der Waals surface area contributed by atoms with Crippen LogP contribution >= 0.6 is 0 Å². The number of hydrogen-bond donors (Lipinski definition) is 1. The molecule has 0 aliphatic carbocycles. The number of H-pyrrole nitrogens is 1. The summed E-state index contributed by atoms with van der Waals surface area (Å²) in [5.41, 5.74) is 3.70. The van der Waals surface area contributed by atoms with Gasteiger partial charge in [-0.25, -0.2) is 4.57 Å². The van der Waals surface area contributed by atoms with E-state index in [0.29, 0.717) is 0 Å². The Hall–Kier alpha value is -1.57. The zero-order valence-corrected chi connectivity index (χ0v) is 7.91. The van der Waals surface area contributed by atoms with Gasteiger partial charge in [0.25, 0.3) is 0 Å². The van der Waals surface area contributed by atoms with Crippen molar-refractivity contribution in [2.75, 3.05) is 0 Å². The van der Waals surface area contributed by atoms with E-state index in [1.165, 1.54) is 16.8 Å². The van der Waals surface area contributed by atoms with Gasteiger partial charge >= 0.3 is 0 Å². The minimum absolute atomic E-state index is 1.20. The third-order valence-corrected chi connectivity index (χ3v) is 2.14. The summed E-state index contributed by atoms with van der Waals surface area (Å²) in [7, 11) is 2.02. The topological polar surface area (TPSA) is 19.7 Å². The third-order valence-electron chi connectivity index (χ3n) is 2.14. The molecule has 2 heteroatoms. The Labute approximate surface area is 77.9 Å². The first-order chi connectivity index (χ1) is 6.25. The summed E-state index contributed by atoms with van der Waals surface area (Å²) < 4.78 is 2.03. The SMILES string of the molecule is Cc1cc(-c2cc[n+](C)cc2)c[nH]1. The van der Waals surface area contributed by atoms with E-state index in [2.05, 4.69) is 42.5 Å². The first-order valence-corrected chi connectivity index (χ1v) is 4.36. The van der Waals surface area contributed by atoms with E-state index in [9.17, 15) is 0 Å². The molecule has 0 amide bonds. The number of rotatable bonds is 1. The van der Waals surface area contributed by atoms with Crippen molar-refractivity contribution in [2.24, 2.45) is 7.05 Å². The van der Waals surface area contributed by atoms with Crippen LogP contribution in [0.4, 0.5) is 0 Å². The number of aromatic amines is 1. The van der Waals surface area contributed by atoms with Crippen LogP contribution in [-0.4, -0.2) is 4.98 Å². The zero-order valence-electron chi connectivity index (χ0n) is 7.91. The van der Waals surface area contributed by atoms with E-state index >= 15 is 0 Å². The number of nitrogens with one attached hydrogen (secondary N) is 1. The van der Waals surface area contributed by atoms with Gasteiger partial charge in [0.2, 0.25) is 0 Å². The molecule has 0 saturated heterocycles. The summed E-state index contributed by atoms with van der Waals surface area (Å²) in [5, 5.41) is 0. The highest BCUT2D eigenvalue weighted by atomic mass is 14.9. The smallest absolute Gasteiger partial charge is 0.169 e. The summed E-state index contributed by atoms with van der Waals surface area (Å²) in [6.45, 7) is 2.06. The molecular formula is C11H13N2+. The molecule has 0 atom stereocenters. The van der Waals surface area contributed by atoms with E-state index in [0.717, 1.165) is 0 Å². The Morgan fingerprint density at radius 2 is 1.85 bits per heavy atom. The van der Waals surface area contributed by atoms with Gasteiger partial charge in [-0.15, -0.1) is 0 Å². The maximum absolute atomic E-state index is 3.17. The van der Waals surface area contributed by atoms with Crippen LogP contribution in [0.2, 0.25) is 0 Å². The first-order valence-electron chi connectivity index (χ1n) is 4.36. The van der Waals surface area contributed by atoms with Gasteiger partial charge in [-0.2, -0.15) is 0 Å². The molecule has 2 heterocycles. The highest BCUT2D eigenvalue weighted by Crippen LogP contribution is 2.17. The Balaban J connectivity index is 2.41. The largest absolute Gasteiger partial charge is 0.365 e. The molecule has 2 nitrogen and oxygen atoms in total. The van der Waals surface area contributed by atoms with Crippen LogP contribution < -0.4 is 4.57 Å². The third kappa shape index (κ3) is 1.61. The van der Waals surface area contributed by atoms with Crippen LogP contribution in [0.5, 0.6) is 0 Å². The summed E-state index contributed by atoms with van der Waals surface area (Å²) in [6, 6.07) is 6.38. The van der Waals surface area contributed by atoms with Gasteiger partial charge in [-0.05, 0) is 24.1 Å². The molecule has 1 N–H and O–H groups in total. The molecule has 2 aromatic heterocycles. The Kier molecular flexibility index (Phi) is 1.89. The summed E-state index contributed by atoms with van der Waals surface area (Å²) in [4.78, 5) is 3.17. The van der Waals surface area contributed by atoms with Gasteiger partial charge in [0.05, 0.1) is 0 Å². The van der Waals surface area contributed by atoms with Gasteiger partial charge in [-0.3, -0.25) is 0 Å². The predicted octanol–water partition coefficient (Wildman–Crippen LogP) is 1.81. The predicted molar refractivity (Wildman–Crippen MR) is 52.1 cm³/mol. The fourth-order valence-electron chi connectivity index (χ4n) is 1.37. The van der Waals surface area contributed by atoms with Crippen LogP contribution in [0.3, 0.4) is 0 Å². The lowest BCUT2D eigenvalue weighted by Gasteiger charge is -1.93. The molecule has 0 radical (unpaired) electrons. The van der Waals surface area contributed by atoms with Crippen LogP contribution in [0.15, 0.2) is 36.8 Å². The first kappa shape index (κ1) is 8.05. The van der Waals surface area contributed by atoms with Gasteiger partial charge in [0.1, 0.15) is 7.05 Å². The van der Waals surface area contributed by atoms with E-state index in [-0.39, 0.29) is 0 Å². The van der Waals surface area contributed by atoms with Crippen LogP contribution in [0.25, 0.3) is 11.1 Å². The fourth-order valence-corrected chi connectivity index (χ4v) is 1.37. The van der Waals surface area contributed by atoms with Crippen molar-refractivity contribution < 1.29 is 4.57 Å². The van der Waals surface area contributed by atoms with Crippen LogP contribution in [0.1, 0.15) is 5.69 Å². The molecular weight excluding hydrogens is 160 g/mol. The molecule has 0 unspecified atom stereocenters. The highest BCUT2D eigenvalue weighted by Gasteiger charge is 2.00. The highest BCUT2D eigenvalue weighted by molar-refractivity contribution is 5.62. The number of hydrogen-bond acceptors (Lipinski definition) is 0. The lowest BCUT2D eigenvalue weighted by molar-refractivity contribution is -0.671. The maximum atomic E-state index is 3.17. The second-order valence-electron chi connectivity index (χ2n) is 3.32. The summed E-state index contributed by atoms with van der Waals surface area (Å²) in [5.74, 6) is 0. The normalized spacial score (nSPS) is 10.3. The van der Waals surface area contributed by atoms with Crippen molar-refractivity contribution in [2.45, 2.75) is 6.92 Å². The van der Waals surface area contributed by atoms with Gasteiger partial charge in [-0.1, -0.05) is 0 Å². The van der Waals surface area contributed by atoms with E-state index in [4.69, 9.17) is 0 Å². The molecule has 2 aromatic rings. The molecule has 66 valence electrons. The number of aromatic nitrogens is 2. The van der Waals surface area contributed by atoms with Crippen LogP contribution in [-0.2, 0) is 7.05 Å². The van der Waals surface area contributed by atoms with Crippen molar-refractivity contribution >= 4 is 0 Å². The number of pyridine rings is 1. The van der Waals surface area contributed by atoms with Gasteiger partial charge in [0.15, 0.2) is 12.4 Å². The Bertz CT molecular complexity index is 398. The quantitative estimate of drug-likeness (QED) is 0.635. The summed E-state index contributed by atoms with van der Waals surface area (Å²) in [6.07, 6.45) is 6.14. The van der Waals surface area contributed by atoms with Gasteiger partial charge in [0, 0.05) is 24.0 Å². The van der Waals surface area contributed by atoms with E-state index in [1.807, 2.05) is 17.8 Å². The molecule has 0 saturated carbocycles. The average Bonchev–Trinajstić information content (AvgIpc) is 2.53. The lowest BCUT2D eigenvalue weighted by Crippen LogP contribution is -2.25. The molecule has 13 heavy (non-hydrogen) atoms. The van der Waals surface area contributed by atoms with E-state index < -0.39 is 0 Å². The minimum Gasteiger partial charge on any atom is -0.365 e. The molecule has 0 aliphatic heterocycles. The molecule has 0 spiro atoms. The van der Waals surface area contributed by atoms with E-state index in [1.54, 1.807) is 0 Å². The van der Waals surface area contributed by atoms with Gasteiger partial charge < -0.3 is 4.98 Å². The lowest BCUT2D eigenvalue weighted by atomic mass is 10.1. The molecule has 2 rings (SSSR count). The number of nitrogens with zero attached hydrogens (tertiary/aromatic N) is 1. The maximum Gasteiger partial charge on any atom is 0.169 e. The zero-order chi connectivity index (χ0) is 9.26.